The molecule has 0 aliphatic carbocycles. The van der Waals surface area contributed by atoms with E-state index in [1.54, 1.807) is 0 Å². The molecule has 2 atom stereocenters. The summed E-state index contributed by atoms with van der Waals surface area (Å²) in [7, 11) is -2.74. The Kier molecular flexibility index (Phi) is 4.66. The molecule has 22 heavy (non-hydrogen) atoms. The Balaban J connectivity index is 2.06. The van der Waals surface area contributed by atoms with Gasteiger partial charge in [0.1, 0.15) is 5.78 Å². The number of hydrogen-bond donors (Lipinski definition) is 0. The maximum absolute atomic E-state index is 13.5. The van der Waals surface area contributed by atoms with E-state index in [-0.39, 0.29) is 5.78 Å². The highest BCUT2D eigenvalue weighted by molar-refractivity contribution is 7.59. The molecule has 116 valence electrons. The van der Waals surface area contributed by atoms with Crippen molar-refractivity contribution in [3.8, 4) is 0 Å². The molecule has 3 rings (SSSR count). The lowest BCUT2D eigenvalue weighted by Crippen LogP contribution is -2.35. The zero-order valence-corrected chi connectivity index (χ0v) is 13.8. The van der Waals surface area contributed by atoms with Gasteiger partial charge in [-0.3, -0.25) is 4.57 Å². The first-order chi connectivity index (χ1) is 10.7. The molecule has 1 fully saturated rings. The van der Waals surface area contributed by atoms with Crippen molar-refractivity contribution in [1.29, 1.82) is 0 Å². The van der Waals surface area contributed by atoms with Crippen molar-refractivity contribution < 1.29 is 9.09 Å². The van der Waals surface area contributed by atoms with Gasteiger partial charge in [-0.15, -0.1) is 0 Å². The van der Waals surface area contributed by atoms with Crippen LogP contribution < -0.4 is 4.90 Å². The van der Waals surface area contributed by atoms with Gasteiger partial charge >= 0.3 is 0 Å². The number of anilines is 1. The molecule has 0 bridgehead atoms. The van der Waals surface area contributed by atoms with Crippen LogP contribution in [0, 0.1) is 0 Å². The minimum Gasteiger partial charge on any atom is -0.356 e. The average molecular weight is 315 g/mol. The van der Waals surface area contributed by atoms with Crippen LogP contribution in [-0.2, 0) is 9.09 Å². The topological polar surface area (TPSA) is 29.5 Å². The van der Waals surface area contributed by atoms with E-state index in [2.05, 4.69) is 29.2 Å². The van der Waals surface area contributed by atoms with E-state index >= 15 is 0 Å². The Morgan fingerprint density at radius 1 is 1.09 bits per heavy atom. The van der Waals surface area contributed by atoms with Crippen molar-refractivity contribution in [3.05, 3.63) is 66.2 Å². The molecular formula is C18H22NO2P. The Bertz CT molecular complexity index is 639. The molecule has 4 heteroatoms. The maximum atomic E-state index is 13.5. The highest BCUT2D eigenvalue weighted by Crippen LogP contribution is 2.64. The van der Waals surface area contributed by atoms with E-state index in [4.69, 9.17) is 4.52 Å². The standard InChI is InChI=1S/C18H22NO2P/c1-2-21-22(20)15-9-14-19(17-12-7-4-8-13-17)18(22)16-10-5-3-6-11-16/h3-8,10-13,18H,2,9,14-15H2,1H3. The fourth-order valence-electron chi connectivity index (χ4n) is 3.19. The normalized spacial score (nSPS) is 25.1. The van der Waals surface area contributed by atoms with Crippen molar-refractivity contribution in [2.45, 2.75) is 19.1 Å². The molecule has 3 nitrogen and oxygen atoms in total. The van der Waals surface area contributed by atoms with Gasteiger partial charge in [0.15, 0.2) is 0 Å². The highest BCUT2D eigenvalue weighted by atomic mass is 31.2. The number of nitrogens with zero attached hydrogens (tertiary/aromatic N) is 1. The Hall–Kier alpha value is -1.57. The summed E-state index contributed by atoms with van der Waals surface area (Å²) in [6.45, 7) is 3.31. The summed E-state index contributed by atoms with van der Waals surface area (Å²) in [6.07, 6.45) is 1.55. The van der Waals surface area contributed by atoms with Crippen molar-refractivity contribution in [2.75, 3.05) is 24.2 Å². The number of hydrogen-bond acceptors (Lipinski definition) is 3. The van der Waals surface area contributed by atoms with Gasteiger partial charge in [-0.05, 0) is 31.0 Å². The highest BCUT2D eigenvalue weighted by Gasteiger charge is 2.42. The largest absolute Gasteiger partial charge is 0.356 e. The van der Waals surface area contributed by atoms with Crippen molar-refractivity contribution in [2.24, 2.45) is 0 Å². The summed E-state index contributed by atoms with van der Waals surface area (Å²) in [5, 5.41) is 0. The summed E-state index contributed by atoms with van der Waals surface area (Å²) in [5.74, 6) is -0.190. The minimum atomic E-state index is -2.74. The van der Waals surface area contributed by atoms with E-state index in [0.29, 0.717) is 12.8 Å². The van der Waals surface area contributed by atoms with Gasteiger partial charge in [0.05, 0.1) is 6.61 Å². The molecule has 0 radical (unpaired) electrons. The van der Waals surface area contributed by atoms with Gasteiger partial charge in [0, 0.05) is 18.4 Å². The van der Waals surface area contributed by atoms with Gasteiger partial charge in [-0.2, -0.15) is 0 Å². The van der Waals surface area contributed by atoms with Gasteiger partial charge in [0.25, 0.3) is 0 Å². The Morgan fingerprint density at radius 2 is 1.73 bits per heavy atom. The van der Waals surface area contributed by atoms with Crippen molar-refractivity contribution >= 4 is 13.1 Å². The lowest BCUT2D eigenvalue weighted by molar-refractivity contribution is 0.318. The first-order valence-electron chi connectivity index (χ1n) is 7.84. The predicted octanol–water partition coefficient (Wildman–Crippen LogP) is 4.91. The second-order valence-electron chi connectivity index (χ2n) is 5.53. The van der Waals surface area contributed by atoms with Crippen molar-refractivity contribution in [3.63, 3.8) is 0 Å². The first kappa shape index (κ1) is 15.3. The molecule has 0 amide bonds. The number of rotatable bonds is 4. The van der Waals surface area contributed by atoms with E-state index in [1.165, 1.54) is 0 Å². The van der Waals surface area contributed by atoms with Crippen LogP contribution in [0.5, 0.6) is 0 Å². The van der Waals surface area contributed by atoms with Crippen LogP contribution in [-0.4, -0.2) is 19.3 Å². The molecule has 0 saturated carbocycles. The van der Waals surface area contributed by atoms with Gasteiger partial charge in [-0.1, -0.05) is 48.5 Å². The van der Waals surface area contributed by atoms with E-state index < -0.39 is 7.37 Å². The fraction of sp³-hybridized carbons (Fsp3) is 0.333. The molecule has 1 saturated heterocycles. The van der Waals surface area contributed by atoms with Gasteiger partial charge in [0.2, 0.25) is 7.37 Å². The Morgan fingerprint density at radius 3 is 2.36 bits per heavy atom. The SMILES string of the molecule is CCOP1(=O)CCCN(c2ccccc2)C1c1ccccc1. The lowest BCUT2D eigenvalue weighted by Gasteiger charge is -2.42. The third kappa shape index (κ3) is 2.97. The third-order valence-corrected chi connectivity index (χ3v) is 7.03. The predicted molar refractivity (Wildman–Crippen MR) is 91.7 cm³/mol. The van der Waals surface area contributed by atoms with E-state index in [1.807, 2.05) is 43.3 Å². The van der Waals surface area contributed by atoms with Crippen LogP contribution in [0.4, 0.5) is 5.69 Å². The van der Waals surface area contributed by atoms with Crippen molar-refractivity contribution in [1.82, 2.24) is 0 Å². The first-order valence-corrected chi connectivity index (χ1v) is 9.72. The van der Waals surface area contributed by atoms with Gasteiger partial charge < -0.3 is 9.42 Å². The monoisotopic (exact) mass is 315 g/mol. The molecule has 1 heterocycles. The number of benzene rings is 2. The molecule has 2 aromatic carbocycles. The van der Waals surface area contributed by atoms with Crippen LogP contribution in [0.25, 0.3) is 0 Å². The number of para-hydroxylation sites is 1. The zero-order valence-electron chi connectivity index (χ0n) is 12.9. The third-order valence-electron chi connectivity index (χ3n) is 4.07. The summed E-state index contributed by atoms with van der Waals surface area (Å²) >= 11 is 0. The second-order valence-corrected chi connectivity index (χ2v) is 8.18. The minimum absolute atomic E-state index is 0.190. The quantitative estimate of drug-likeness (QED) is 0.751. The van der Waals surface area contributed by atoms with E-state index in [0.717, 1.165) is 24.2 Å². The molecule has 2 aromatic rings. The maximum Gasteiger partial charge on any atom is 0.229 e. The molecule has 0 aromatic heterocycles. The second kappa shape index (κ2) is 6.68. The Labute approximate surface area is 132 Å². The van der Waals surface area contributed by atoms with Crippen LogP contribution in [0.15, 0.2) is 60.7 Å². The molecular weight excluding hydrogens is 293 g/mol. The average Bonchev–Trinajstić information content (AvgIpc) is 2.56. The molecule has 1 aliphatic heterocycles. The molecule has 2 unspecified atom stereocenters. The van der Waals surface area contributed by atoms with Gasteiger partial charge in [-0.25, -0.2) is 0 Å². The smallest absolute Gasteiger partial charge is 0.229 e. The molecule has 0 spiro atoms. The molecule has 1 aliphatic rings. The molecule has 0 N–H and O–H groups in total. The van der Waals surface area contributed by atoms with Crippen LogP contribution in [0.3, 0.4) is 0 Å². The fourth-order valence-corrected chi connectivity index (χ4v) is 6.03. The summed E-state index contributed by atoms with van der Waals surface area (Å²) in [4.78, 5) is 2.25. The van der Waals surface area contributed by atoms with Crippen LogP contribution in [0.2, 0.25) is 0 Å². The zero-order chi connectivity index (χ0) is 15.4. The van der Waals surface area contributed by atoms with E-state index in [9.17, 15) is 4.57 Å². The lowest BCUT2D eigenvalue weighted by atomic mass is 10.1. The van der Waals surface area contributed by atoms with Crippen LogP contribution in [0.1, 0.15) is 24.7 Å². The summed E-state index contributed by atoms with van der Waals surface area (Å²) in [5.41, 5.74) is 2.18. The summed E-state index contributed by atoms with van der Waals surface area (Å²) < 4.78 is 19.3. The summed E-state index contributed by atoms with van der Waals surface area (Å²) in [6, 6.07) is 20.3. The van der Waals surface area contributed by atoms with Crippen LogP contribution >= 0.6 is 7.37 Å².